The molecule has 8 heteroatoms. The lowest BCUT2D eigenvalue weighted by Gasteiger charge is -2.16. The lowest BCUT2D eigenvalue weighted by atomic mass is 10.1. The van der Waals surface area contributed by atoms with Crippen LogP contribution in [0.1, 0.15) is 39.1 Å². The lowest BCUT2D eigenvalue weighted by Crippen LogP contribution is -2.27. The fourth-order valence-electron chi connectivity index (χ4n) is 3.67. The minimum Gasteiger partial charge on any atom is -0.322 e. The van der Waals surface area contributed by atoms with Crippen molar-refractivity contribution in [3.05, 3.63) is 89.5 Å². The highest BCUT2D eigenvalue weighted by Gasteiger charge is 2.27. The van der Waals surface area contributed by atoms with Gasteiger partial charge in [0.15, 0.2) is 0 Å². The van der Waals surface area contributed by atoms with Crippen LogP contribution in [-0.2, 0) is 10.0 Å². The van der Waals surface area contributed by atoms with E-state index >= 15 is 0 Å². The van der Waals surface area contributed by atoms with Gasteiger partial charge in [-0.15, -0.1) is 0 Å². The molecule has 0 bridgehead atoms. The smallest absolute Gasteiger partial charge is 0.255 e. The van der Waals surface area contributed by atoms with E-state index in [4.69, 9.17) is 0 Å². The largest absolute Gasteiger partial charge is 0.322 e. The van der Waals surface area contributed by atoms with Gasteiger partial charge < -0.3 is 10.6 Å². The van der Waals surface area contributed by atoms with E-state index in [1.807, 2.05) is 13.0 Å². The Labute approximate surface area is 193 Å². The van der Waals surface area contributed by atoms with Crippen molar-refractivity contribution in [3.63, 3.8) is 0 Å². The van der Waals surface area contributed by atoms with Crippen LogP contribution in [0.3, 0.4) is 0 Å². The quantitative estimate of drug-likeness (QED) is 0.570. The molecule has 33 heavy (non-hydrogen) atoms. The maximum absolute atomic E-state index is 12.8. The number of rotatable bonds is 6. The standard InChI is InChI=1S/C25H25N3O4S/c1-18-9-10-20(17-23(18)27-24(29)19-7-3-2-4-8-19)25(30)26-21-11-13-22(14-12-21)33(31,32)28-15-5-6-16-28/h2-4,7-14,17H,5-6,15-16H2,1H3,(H,26,30)(H,27,29). The van der Waals surface area contributed by atoms with Crippen molar-refractivity contribution in [3.8, 4) is 0 Å². The predicted molar refractivity (Wildman–Crippen MR) is 128 cm³/mol. The SMILES string of the molecule is Cc1ccc(C(=O)Nc2ccc(S(=O)(=O)N3CCCC3)cc2)cc1NC(=O)c1ccccc1. The van der Waals surface area contributed by atoms with Crippen LogP contribution in [0, 0.1) is 6.92 Å². The number of benzene rings is 3. The zero-order chi connectivity index (χ0) is 23.4. The van der Waals surface area contributed by atoms with Crippen molar-refractivity contribution < 1.29 is 18.0 Å². The zero-order valence-electron chi connectivity index (χ0n) is 18.2. The number of nitrogens with one attached hydrogen (secondary N) is 2. The number of amides is 2. The third-order valence-electron chi connectivity index (χ3n) is 5.60. The number of hydrogen-bond donors (Lipinski definition) is 2. The summed E-state index contributed by atoms with van der Waals surface area (Å²) in [5, 5.41) is 5.62. The summed E-state index contributed by atoms with van der Waals surface area (Å²) in [6, 6.07) is 20.1. The Morgan fingerprint density at radius 2 is 1.42 bits per heavy atom. The molecule has 3 aromatic carbocycles. The number of anilines is 2. The molecule has 2 N–H and O–H groups in total. The Bertz CT molecular complexity index is 1270. The highest BCUT2D eigenvalue weighted by atomic mass is 32.2. The molecule has 3 aromatic rings. The van der Waals surface area contributed by atoms with Crippen LogP contribution < -0.4 is 10.6 Å². The summed E-state index contributed by atoms with van der Waals surface area (Å²) >= 11 is 0. The second-order valence-corrected chi connectivity index (χ2v) is 9.88. The summed E-state index contributed by atoms with van der Waals surface area (Å²) in [6.45, 7) is 2.93. The van der Waals surface area contributed by atoms with Crippen molar-refractivity contribution in [2.45, 2.75) is 24.7 Å². The minimum absolute atomic E-state index is 0.212. The number of hydrogen-bond acceptors (Lipinski definition) is 4. The highest BCUT2D eigenvalue weighted by Crippen LogP contribution is 2.23. The molecule has 0 aliphatic carbocycles. The molecule has 0 aromatic heterocycles. The fraction of sp³-hybridized carbons (Fsp3) is 0.200. The molecule has 1 saturated heterocycles. The molecule has 7 nitrogen and oxygen atoms in total. The van der Waals surface area contributed by atoms with E-state index in [2.05, 4.69) is 10.6 Å². The Morgan fingerprint density at radius 1 is 0.788 bits per heavy atom. The fourth-order valence-corrected chi connectivity index (χ4v) is 5.19. The second-order valence-electron chi connectivity index (χ2n) is 7.94. The molecule has 1 fully saturated rings. The van der Waals surface area contributed by atoms with Gasteiger partial charge in [0.2, 0.25) is 10.0 Å². The third kappa shape index (κ3) is 5.13. The molecule has 0 saturated carbocycles. The van der Waals surface area contributed by atoms with Crippen LogP contribution in [0.25, 0.3) is 0 Å². The average molecular weight is 464 g/mol. The first kappa shape index (κ1) is 22.7. The summed E-state index contributed by atoms with van der Waals surface area (Å²) in [7, 11) is -3.50. The average Bonchev–Trinajstić information content (AvgIpc) is 3.37. The van der Waals surface area contributed by atoms with Crippen LogP contribution >= 0.6 is 0 Å². The van der Waals surface area contributed by atoms with Gasteiger partial charge >= 0.3 is 0 Å². The molecule has 0 radical (unpaired) electrons. The summed E-state index contributed by atoms with van der Waals surface area (Å²) in [6.07, 6.45) is 1.75. The van der Waals surface area contributed by atoms with E-state index in [0.29, 0.717) is 35.6 Å². The molecule has 0 spiro atoms. The lowest BCUT2D eigenvalue weighted by molar-refractivity contribution is 0.101. The Kier molecular flexibility index (Phi) is 6.57. The molecule has 170 valence electrons. The molecule has 1 aliphatic rings. The number of carbonyl (C=O) groups excluding carboxylic acids is 2. The number of sulfonamides is 1. The maximum atomic E-state index is 12.8. The first-order chi connectivity index (χ1) is 15.8. The minimum atomic E-state index is -3.50. The van der Waals surface area contributed by atoms with E-state index in [0.717, 1.165) is 18.4 Å². The molecule has 0 unspecified atom stereocenters. The van der Waals surface area contributed by atoms with Crippen molar-refractivity contribution in [2.75, 3.05) is 23.7 Å². The van der Waals surface area contributed by atoms with Gasteiger partial charge in [0, 0.05) is 35.6 Å². The highest BCUT2D eigenvalue weighted by molar-refractivity contribution is 7.89. The summed E-state index contributed by atoms with van der Waals surface area (Å²) in [5.74, 6) is -0.619. The Balaban J connectivity index is 1.46. The molecular weight excluding hydrogens is 438 g/mol. The predicted octanol–water partition coefficient (Wildman–Crippen LogP) is 4.28. The molecule has 1 heterocycles. The Hall–Kier alpha value is -3.49. The van der Waals surface area contributed by atoms with Crippen LogP contribution in [0.4, 0.5) is 11.4 Å². The number of nitrogens with zero attached hydrogens (tertiary/aromatic N) is 1. The van der Waals surface area contributed by atoms with Gasteiger partial charge in [0.25, 0.3) is 11.8 Å². The molecule has 4 rings (SSSR count). The third-order valence-corrected chi connectivity index (χ3v) is 7.51. The van der Waals surface area contributed by atoms with Crippen LogP contribution in [0.5, 0.6) is 0 Å². The van der Waals surface area contributed by atoms with E-state index < -0.39 is 10.0 Å². The molecular formula is C25H25N3O4S. The van der Waals surface area contributed by atoms with E-state index in [9.17, 15) is 18.0 Å². The van der Waals surface area contributed by atoms with Crippen molar-refractivity contribution >= 4 is 33.2 Å². The van der Waals surface area contributed by atoms with Gasteiger partial charge in [0.1, 0.15) is 0 Å². The van der Waals surface area contributed by atoms with E-state index in [1.54, 1.807) is 54.6 Å². The monoisotopic (exact) mass is 463 g/mol. The van der Waals surface area contributed by atoms with E-state index in [1.165, 1.54) is 16.4 Å². The number of aryl methyl sites for hydroxylation is 1. The van der Waals surface area contributed by atoms with Gasteiger partial charge in [-0.25, -0.2) is 8.42 Å². The van der Waals surface area contributed by atoms with Gasteiger partial charge in [-0.05, 0) is 73.9 Å². The summed E-state index contributed by atoms with van der Waals surface area (Å²) < 4.78 is 26.8. The Morgan fingerprint density at radius 3 is 2.09 bits per heavy atom. The van der Waals surface area contributed by atoms with Gasteiger partial charge in [-0.1, -0.05) is 24.3 Å². The zero-order valence-corrected chi connectivity index (χ0v) is 19.1. The van der Waals surface area contributed by atoms with Gasteiger partial charge in [0.05, 0.1) is 4.90 Å². The van der Waals surface area contributed by atoms with Crippen LogP contribution in [0.15, 0.2) is 77.7 Å². The van der Waals surface area contributed by atoms with Crippen molar-refractivity contribution in [1.82, 2.24) is 4.31 Å². The molecule has 0 atom stereocenters. The summed E-state index contributed by atoms with van der Waals surface area (Å²) in [5.41, 5.74) is 2.75. The van der Waals surface area contributed by atoms with Crippen molar-refractivity contribution in [1.29, 1.82) is 0 Å². The van der Waals surface area contributed by atoms with Gasteiger partial charge in [-0.3, -0.25) is 9.59 Å². The van der Waals surface area contributed by atoms with Crippen LogP contribution in [0.2, 0.25) is 0 Å². The first-order valence-electron chi connectivity index (χ1n) is 10.7. The molecule has 1 aliphatic heterocycles. The maximum Gasteiger partial charge on any atom is 0.255 e. The van der Waals surface area contributed by atoms with Crippen LogP contribution in [-0.4, -0.2) is 37.6 Å². The summed E-state index contributed by atoms with van der Waals surface area (Å²) in [4.78, 5) is 25.5. The second kappa shape index (κ2) is 9.56. The first-order valence-corrected chi connectivity index (χ1v) is 12.2. The van der Waals surface area contributed by atoms with Gasteiger partial charge in [-0.2, -0.15) is 4.31 Å². The normalized spacial score (nSPS) is 14.1. The van der Waals surface area contributed by atoms with E-state index in [-0.39, 0.29) is 16.7 Å². The number of carbonyl (C=O) groups is 2. The molecule has 2 amide bonds. The van der Waals surface area contributed by atoms with Crippen molar-refractivity contribution in [2.24, 2.45) is 0 Å². The topological polar surface area (TPSA) is 95.6 Å².